The summed E-state index contributed by atoms with van der Waals surface area (Å²) in [7, 11) is 0. The van der Waals surface area contributed by atoms with Crippen molar-refractivity contribution >= 4 is 87.4 Å². The average Bonchev–Trinajstić information content (AvgIpc) is 3.44. The highest BCUT2D eigenvalue weighted by Gasteiger charge is 2.24. The summed E-state index contributed by atoms with van der Waals surface area (Å²) in [6, 6.07) is 90.3. The van der Waals surface area contributed by atoms with Crippen molar-refractivity contribution in [3.05, 3.63) is 279 Å². The number of rotatable bonds is 9. The maximum absolute atomic E-state index is 6.74. The zero-order chi connectivity index (χ0) is 49.2. The molecule has 0 spiro atoms. The fraction of sp³-hybridized carbons (Fsp3) is 0.0141. The number of anilines is 2. The molecular weight excluding hydrogens is 881 g/mol. The Bertz CT molecular complexity index is 4350. The number of nitrogens with zero attached hydrogens (tertiary/aromatic N) is 1. The minimum atomic E-state index is 0.651. The highest BCUT2D eigenvalue weighted by atomic mass is 15.2. The first-order valence-corrected chi connectivity index (χ1v) is 25.0. The van der Waals surface area contributed by atoms with E-state index < -0.39 is 0 Å². The zero-order valence-electron chi connectivity index (χ0n) is 40.6. The summed E-state index contributed by atoms with van der Waals surface area (Å²) in [5.74, 6) is 0. The molecule has 0 aliphatic rings. The van der Waals surface area contributed by atoms with E-state index in [0.717, 1.165) is 39.3 Å². The van der Waals surface area contributed by atoms with Crippen LogP contribution >= 0.6 is 0 Å². The normalized spacial score (nSPS) is 11.5. The van der Waals surface area contributed by atoms with Gasteiger partial charge in [0.25, 0.3) is 0 Å². The molecule has 0 aromatic heterocycles. The SMILES string of the molecule is C=C(c1cccc(-c2c3ccccc3c(-c3ccc4c(-c5ccc6ccccc6c5)c5ccccc5c(-c5ccc6ccccc6c5)c4c3)c3ccccc23)c1)N(C(=C)c1ccccc1C)c1ccccc1N. The third-order valence-electron chi connectivity index (χ3n) is 15.0. The summed E-state index contributed by atoms with van der Waals surface area (Å²) in [6.07, 6.45) is 0. The lowest BCUT2D eigenvalue weighted by molar-refractivity contribution is 1.29. The average molecular weight is 931 g/mol. The van der Waals surface area contributed by atoms with Crippen LogP contribution in [0.4, 0.5) is 11.4 Å². The van der Waals surface area contributed by atoms with Gasteiger partial charge in [0.2, 0.25) is 0 Å². The Labute approximate surface area is 425 Å². The monoisotopic (exact) mass is 930 g/mol. The minimum absolute atomic E-state index is 0.651. The molecule has 0 fully saturated rings. The van der Waals surface area contributed by atoms with Gasteiger partial charge in [-0.25, -0.2) is 0 Å². The first-order valence-electron chi connectivity index (χ1n) is 25.0. The number of nitrogen functional groups attached to an aromatic ring is 1. The number of hydrogen-bond acceptors (Lipinski definition) is 2. The molecule has 2 heteroatoms. The number of fused-ring (bicyclic) bond motifs is 6. The van der Waals surface area contributed by atoms with Gasteiger partial charge in [0.1, 0.15) is 0 Å². The minimum Gasteiger partial charge on any atom is -0.397 e. The van der Waals surface area contributed by atoms with Crippen molar-refractivity contribution in [2.24, 2.45) is 0 Å². The predicted octanol–water partition coefficient (Wildman–Crippen LogP) is 19.3. The first-order chi connectivity index (χ1) is 35.9. The lowest BCUT2D eigenvalue weighted by Crippen LogP contribution is -2.20. The van der Waals surface area contributed by atoms with E-state index >= 15 is 0 Å². The van der Waals surface area contributed by atoms with E-state index in [0.29, 0.717) is 5.69 Å². The summed E-state index contributed by atoms with van der Waals surface area (Å²) >= 11 is 0. The van der Waals surface area contributed by atoms with E-state index in [1.807, 2.05) is 24.3 Å². The fourth-order valence-corrected chi connectivity index (χ4v) is 11.5. The van der Waals surface area contributed by atoms with E-state index in [2.05, 4.69) is 243 Å². The molecule has 0 unspecified atom stereocenters. The quantitative estimate of drug-likeness (QED) is 0.115. The topological polar surface area (TPSA) is 29.3 Å². The van der Waals surface area contributed by atoms with Gasteiger partial charge < -0.3 is 10.6 Å². The molecule has 0 heterocycles. The van der Waals surface area contributed by atoms with Gasteiger partial charge in [-0.1, -0.05) is 225 Å². The fourth-order valence-electron chi connectivity index (χ4n) is 11.5. The van der Waals surface area contributed by atoms with Crippen molar-refractivity contribution in [2.45, 2.75) is 6.92 Å². The Morgan fingerprint density at radius 3 is 1.27 bits per heavy atom. The molecular formula is C71H50N2. The molecule has 13 aromatic rings. The molecule has 73 heavy (non-hydrogen) atoms. The van der Waals surface area contributed by atoms with Gasteiger partial charge >= 0.3 is 0 Å². The lowest BCUT2D eigenvalue weighted by Gasteiger charge is -2.31. The molecule has 0 radical (unpaired) electrons. The van der Waals surface area contributed by atoms with Crippen LogP contribution in [0.2, 0.25) is 0 Å². The maximum Gasteiger partial charge on any atom is 0.0691 e. The molecule has 0 aliphatic carbocycles. The molecule has 13 rings (SSSR count). The Morgan fingerprint density at radius 2 is 0.740 bits per heavy atom. The predicted molar refractivity (Wildman–Crippen MR) is 316 cm³/mol. The van der Waals surface area contributed by atoms with Crippen LogP contribution in [-0.2, 0) is 0 Å². The second-order valence-corrected chi connectivity index (χ2v) is 19.2. The van der Waals surface area contributed by atoms with Crippen molar-refractivity contribution in [3.8, 4) is 44.5 Å². The van der Waals surface area contributed by atoms with Crippen LogP contribution in [0.3, 0.4) is 0 Å². The van der Waals surface area contributed by atoms with Crippen LogP contribution in [0.5, 0.6) is 0 Å². The van der Waals surface area contributed by atoms with Crippen molar-refractivity contribution in [1.29, 1.82) is 0 Å². The van der Waals surface area contributed by atoms with Gasteiger partial charge in [-0.2, -0.15) is 0 Å². The van der Waals surface area contributed by atoms with Gasteiger partial charge in [0.05, 0.1) is 11.4 Å². The maximum atomic E-state index is 6.74. The van der Waals surface area contributed by atoms with Crippen LogP contribution < -0.4 is 10.6 Å². The van der Waals surface area contributed by atoms with Crippen molar-refractivity contribution in [1.82, 2.24) is 0 Å². The molecule has 0 saturated carbocycles. The van der Waals surface area contributed by atoms with Crippen molar-refractivity contribution in [2.75, 3.05) is 10.6 Å². The summed E-state index contributed by atoms with van der Waals surface area (Å²) < 4.78 is 0. The van der Waals surface area contributed by atoms with Crippen LogP contribution in [-0.4, -0.2) is 0 Å². The van der Waals surface area contributed by atoms with E-state index in [9.17, 15) is 0 Å². The summed E-state index contributed by atoms with van der Waals surface area (Å²) in [6.45, 7) is 11.5. The molecule has 0 amide bonds. The summed E-state index contributed by atoms with van der Waals surface area (Å²) in [5, 5.41) is 14.6. The van der Waals surface area contributed by atoms with E-state index in [-0.39, 0.29) is 0 Å². The van der Waals surface area contributed by atoms with Crippen LogP contribution in [0.25, 0.3) is 121 Å². The third kappa shape index (κ3) is 7.34. The molecule has 0 atom stereocenters. The summed E-state index contributed by atoms with van der Waals surface area (Å²) in [5.41, 5.74) is 22.5. The van der Waals surface area contributed by atoms with Gasteiger partial charge in [-0.3, -0.25) is 0 Å². The molecule has 0 bridgehead atoms. The molecule has 344 valence electrons. The molecule has 2 N–H and O–H groups in total. The Kier molecular flexibility index (Phi) is 10.6. The third-order valence-corrected chi connectivity index (χ3v) is 15.0. The first kappa shape index (κ1) is 43.5. The van der Waals surface area contributed by atoms with Crippen molar-refractivity contribution in [3.63, 3.8) is 0 Å². The number of hydrogen-bond donors (Lipinski definition) is 1. The molecule has 13 aromatic carbocycles. The standard InChI is InChI=1S/C71H50N2/c1-45-19-4-9-26-57(45)47(3)73(67-34-17-16-33-66(67)72)46(2)50-24-18-25-53(41-50)68-58-27-10-12-29-60(58)70(61-30-13-11-28-59(61)68)56-39-40-64-65(44-56)71(55-38-36-49-21-6-8-23-52(49)43-55)63-32-15-14-31-62(63)69(64)54-37-35-48-20-5-7-22-51(48)42-54/h4-44H,2-3,72H2,1H3. The Morgan fingerprint density at radius 1 is 0.329 bits per heavy atom. The number of nitrogens with two attached hydrogens (primary N) is 1. The Hall–Kier alpha value is -9.50. The lowest BCUT2D eigenvalue weighted by atomic mass is 9.82. The Balaban J connectivity index is 1.03. The van der Waals surface area contributed by atoms with Gasteiger partial charge in [-0.15, -0.1) is 0 Å². The van der Waals surface area contributed by atoms with E-state index in [4.69, 9.17) is 12.3 Å². The van der Waals surface area contributed by atoms with E-state index in [1.165, 1.54) is 104 Å². The number of aryl methyl sites for hydroxylation is 1. The second-order valence-electron chi connectivity index (χ2n) is 19.2. The largest absolute Gasteiger partial charge is 0.397 e. The smallest absolute Gasteiger partial charge is 0.0691 e. The zero-order valence-corrected chi connectivity index (χ0v) is 40.6. The molecule has 2 nitrogen and oxygen atoms in total. The van der Waals surface area contributed by atoms with E-state index in [1.54, 1.807) is 0 Å². The number of benzene rings is 13. The van der Waals surface area contributed by atoms with Gasteiger partial charge in [0, 0.05) is 17.0 Å². The highest BCUT2D eigenvalue weighted by molar-refractivity contribution is 6.25. The van der Waals surface area contributed by atoms with Gasteiger partial charge in [0.15, 0.2) is 0 Å². The van der Waals surface area contributed by atoms with Crippen molar-refractivity contribution < 1.29 is 0 Å². The molecule has 0 aliphatic heterocycles. The molecule has 0 saturated heterocycles. The van der Waals surface area contributed by atoms with Crippen LogP contribution in [0, 0.1) is 6.92 Å². The second kappa shape index (κ2) is 17.7. The van der Waals surface area contributed by atoms with Gasteiger partial charge in [-0.05, 0) is 164 Å². The number of para-hydroxylation sites is 2. The highest BCUT2D eigenvalue weighted by Crippen LogP contribution is 2.49. The summed E-state index contributed by atoms with van der Waals surface area (Å²) in [4.78, 5) is 2.11. The van der Waals surface area contributed by atoms with Crippen LogP contribution in [0.1, 0.15) is 16.7 Å². The van der Waals surface area contributed by atoms with Crippen LogP contribution in [0.15, 0.2) is 262 Å².